The summed E-state index contributed by atoms with van der Waals surface area (Å²) >= 11 is 0. The summed E-state index contributed by atoms with van der Waals surface area (Å²) in [7, 11) is 1.23. The highest BCUT2D eigenvalue weighted by atomic mass is 16.5. The van der Waals surface area contributed by atoms with Gasteiger partial charge in [0, 0.05) is 5.56 Å². The van der Waals surface area contributed by atoms with Crippen LogP contribution in [0.3, 0.4) is 0 Å². The van der Waals surface area contributed by atoms with Crippen molar-refractivity contribution in [3.8, 4) is 5.75 Å². The van der Waals surface area contributed by atoms with Crippen molar-refractivity contribution in [2.75, 3.05) is 12.4 Å². The molecule has 0 saturated carbocycles. The third kappa shape index (κ3) is 2.88. The predicted octanol–water partition coefficient (Wildman–Crippen LogP) is 1.70. The number of esters is 1. The van der Waals surface area contributed by atoms with Crippen molar-refractivity contribution in [1.29, 1.82) is 0 Å². The molecule has 3 aromatic rings. The minimum atomic E-state index is -0.784. The molecule has 2 N–H and O–H groups in total. The average Bonchev–Trinajstić information content (AvgIpc) is 3.21. The predicted molar refractivity (Wildman–Crippen MR) is 97.5 cm³/mol. The lowest BCUT2D eigenvalue weighted by molar-refractivity contribution is -0.136. The molecule has 140 valence electrons. The molecule has 2 aromatic carbocycles. The first kappa shape index (κ1) is 17.4. The zero-order valence-electron chi connectivity index (χ0n) is 14.7. The lowest BCUT2D eigenvalue weighted by Crippen LogP contribution is -2.32. The minimum absolute atomic E-state index is 0.0308. The number of phenolic OH excluding ortho intramolecular Hbond substituents is 1. The molecule has 0 amide bonds. The van der Waals surface area contributed by atoms with Crippen molar-refractivity contribution in [3.63, 3.8) is 0 Å². The van der Waals surface area contributed by atoms with Crippen LogP contribution in [0, 0.1) is 0 Å². The van der Waals surface area contributed by atoms with Crippen LogP contribution in [0.25, 0.3) is 0 Å². The summed E-state index contributed by atoms with van der Waals surface area (Å²) in [5.74, 6) is -0.809. The molecule has 4 rings (SSSR count). The third-order valence-electron chi connectivity index (χ3n) is 4.40. The van der Waals surface area contributed by atoms with Crippen molar-refractivity contribution in [2.45, 2.75) is 6.04 Å². The summed E-state index contributed by atoms with van der Waals surface area (Å²) in [5, 5.41) is 23.9. The summed E-state index contributed by atoms with van der Waals surface area (Å²) in [4.78, 5) is 25.8. The van der Waals surface area contributed by atoms with Gasteiger partial charge in [0.05, 0.1) is 12.7 Å². The van der Waals surface area contributed by atoms with Gasteiger partial charge in [0.2, 0.25) is 5.95 Å². The molecule has 0 fully saturated rings. The first-order chi connectivity index (χ1) is 13.6. The zero-order chi connectivity index (χ0) is 19.7. The van der Waals surface area contributed by atoms with Crippen LogP contribution in [0.2, 0.25) is 0 Å². The zero-order valence-corrected chi connectivity index (χ0v) is 14.7. The number of hydrogen-bond acceptors (Lipinski definition) is 8. The second kappa shape index (κ2) is 6.95. The normalized spacial score (nSPS) is 15.5. The Morgan fingerprint density at radius 2 is 1.82 bits per heavy atom. The van der Waals surface area contributed by atoms with E-state index in [-0.39, 0.29) is 28.8 Å². The van der Waals surface area contributed by atoms with Gasteiger partial charge in [-0.15, -0.1) is 0 Å². The van der Waals surface area contributed by atoms with Crippen molar-refractivity contribution < 1.29 is 19.4 Å². The second-order valence-corrected chi connectivity index (χ2v) is 6.04. The number of rotatable bonds is 4. The molecule has 9 nitrogen and oxygen atoms in total. The highest BCUT2D eigenvalue weighted by molar-refractivity contribution is 6.14. The number of Topliss-reactive ketones (excluding diaryl/α,β-unsaturated/α-hetero) is 1. The summed E-state index contributed by atoms with van der Waals surface area (Å²) in [6.07, 6.45) is 0. The highest BCUT2D eigenvalue weighted by Gasteiger charge is 2.38. The summed E-state index contributed by atoms with van der Waals surface area (Å²) in [6.45, 7) is 0. The van der Waals surface area contributed by atoms with E-state index in [4.69, 9.17) is 4.74 Å². The lowest BCUT2D eigenvalue weighted by Gasteiger charge is -2.28. The Balaban J connectivity index is 1.95. The van der Waals surface area contributed by atoms with Gasteiger partial charge in [0.1, 0.15) is 17.5 Å². The molecule has 0 spiro atoms. The molecule has 0 radical (unpaired) electrons. The summed E-state index contributed by atoms with van der Waals surface area (Å²) in [5.41, 5.74) is 1.13. The van der Waals surface area contributed by atoms with Crippen LogP contribution in [0.4, 0.5) is 5.95 Å². The van der Waals surface area contributed by atoms with Crippen molar-refractivity contribution in [2.24, 2.45) is 0 Å². The quantitative estimate of drug-likeness (QED) is 0.521. The largest absolute Gasteiger partial charge is 0.508 e. The molecule has 0 unspecified atom stereocenters. The Morgan fingerprint density at radius 3 is 2.50 bits per heavy atom. The number of carbonyl (C=O) groups is 2. The van der Waals surface area contributed by atoms with Gasteiger partial charge in [-0.25, -0.2) is 4.79 Å². The topological polar surface area (TPSA) is 119 Å². The van der Waals surface area contributed by atoms with Crippen molar-refractivity contribution in [3.05, 3.63) is 77.0 Å². The maximum absolute atomic E-state index is 13.4. The van der Waals surface area contributed by atoms with Crippen LogP contribution in [0.5, 0.6) is 5.75 Å². The van der Waals surface area contributed by atoms with E-state index in [1.54, 1.807) is 42.5 Å². The fourth-order valence-corrected chi connectivity index (χ4v) is 3.10. The van der Waals surface area contributed by atoms with Gasteiger partial charge in [-0.3, -0.25) is 4.79 Å². The molecule has 1 aliphatic heterocycles. The number of ether oxygens (including phenoxy) is 1. The smallest absolute Gasteiger partial charge is 0.355 e. The second-order valence-electron chi connectivity index (χ2n) is 6.04. The maximum atomic E-state index is 13.4. The van der Waals surface area contributed by atoms with E-state index in [9.17, 15) is 14.7 Å². The minimum Gasteiger partial charge on any atom is -0.508 e. The number of phenols is 1. The molecule has 28 heavy (non-hydrogen) atoms. The molecular formula is C19H15N5O4. The lowest BCUT2D eigenvalue weighted by atomic mass is 9.89. The van der Waals surface area contributed by atoms with Gasteiger partial charge in [-0.2, -0.15) is 4.68 Å². The molecule has 9 heteroatoms. The number of ketones is 1. The van der Waals surface area contributed by atoms with Crippen LogP contribution in [0.1, 0.15) is 22.0 Å². The van der Waals surface area contributed by atoms with Crippen LogP contribution < -0.4 is 5.32 Å². The molecule has 0 bridgehead atoms. The molecular weight excluding hydrogens is 362 g/mol. The Hall–Kier alpha value is -4.01. The number of fused-ring (bicyclic) bond motifs is 1. The van der Waals surface area contributed by atoms with Crippen molar-refractivity contribution in [1.82, 2.24) is 20.2 Å². The monoisotopic (exact) mass is 377 g/mol. The standard InChI is InChI=1S/C19H15N5O4/c1-28-18(27)15-14(17(26)12-5-3-2-4-6-12)16(11-7-9-13(25)10-8-11)24-19(20-15)21-22-23-24/h2-10,16,25H,1H3,(H,20,21,23)/t16-/m0/s1. The number of methoxy groups -OCH3 is 1. The summed E-state index contributed by atoms with van der Waals surface area (Å²) < 4.78 is 6.28. The van der Waals surface area contributed by atoms with E-state index in [0.29, 0.717) is 11.1 Å². The van der Waals surface area contributed by atoms with Gasteiger partial charge in [-0.05, 0) is 28.1 Å². The van der Waals surface area contributed by atoms with Crippen LogP contribution in [-0.2, 0) is 9.53 Å². The number of nitrogens with zero attached hydrogens (tertiary/aromatic N) is 4. The summed E-state index contributed by atoms with van der Waals surface area (Å²) in [6, 6.07) is 14.1. The van der Waals surface area contributed by atoms with Crippen LogP contribution in [0.15, 0.2) is 65.9 Å². The number of carbonyl (C=O) groups excluding carboxylic acids is 2. The first-order valence-electron chi connectivity index (χ1n) is 8.36. The Labute approximate surface area is 159 Å². The fourth-order valence-electron chi connectivity index (χ4n) is 3.10. The molecule has 1 aromatic heterocycles. The number of aromatic hydroxyl groups is 1. The van der Waals surface area contributed by atoms with E-state index in [0.717, 1.165) is 0 Å². The van der Waals surface area contributed by atoms with Gasteiger partial charge in [0.15, 0.2) is 5.78 Å². The van der Waals surface area contributed by atoms with E-state index in [2.05, 4.69) is 20.8 Å². The molecule has 1 aliphatic rings. The van der Waals surface area contributed by atoms with E-state index >= 15 is 0 Å². The van der Waals surface area contributed by atoms with Gasteiger partial charge in [0.25, 0.3) is 0 Å². The molecule has 1 atom stereocenters. The fraction of sp³-hybridized carbons (Fsp3) is 0.105. The molecule has 0 saturated heterocycles. The SMILES string of the molecule is COC(=O)C1=C(C(=O)c2ccccc2)[C@H](c2ccc(O)cc2)n2nnnc2N1. The third-order valence-corrected chi connectivity index (χ3v) is 4.40. The van der Waals surface area contributed by atoms with E-state index in [1.165, 1.54) is 23.9 Å². The Kier molecular flexibility index (Phi) is 4.32. The number of nitrogens with one attached hydrogen (secondary N) is 1. The molecule has 2 heterocycles. The average molecular weight is 377 g/mol. The molecule has 0 aliphatic carbocycles. The number of allylic oxidation sites excluding steroid dienone is 1. The van der Waals surface area contributed by atoms with E-state index < -0.39 is 12.0 Å². The highest BCUT2D eigenvalue weighted by Crippen LogP contribution is 2.36. The van der Waals surface area contributed by atoms with Crippen LogP contribution >= 0.6 is 0 Å². The van der Waals surface area contributed by atoms with E-state index in [1.807, 2.05) is 0 Å². The number of aromatic nitrogens is 4. The Morgan fingerprint density at radius 1 is 1.11 bits per heavy atom. The number of hydrogen-bond donors (Lipinski definition) is 2. The number of tetrazole rings is 1. The first-order valence-corrected chi connectivity index (χ1v) is 8.36. The van der Waals surface area contributed by atoms with Gasteiger partial charge < -0.3 is 15.2 Å². The number of anilines is 1. The van der Waals surface area contributed by atoms with Crippen LogP contribution in [-0.4, -0.2) is 44.2 Å². The number of benzene rings is 2. The Bertz CT molecular complexity index is 1070. The maximum Gasteiger partial charge on any atom is 0.355 e. The van der Waals surface area contributed by atoms with Crippen molar-refractivity contribution >= 4 is 17.7 Å². The van der Waals surface area contributed by atoms with Gasteiger partial charge in [-0.1, -0.05) is 47.6 Å². The van der Waals surface area contributed by atoms with Gasteiger partial charge >= 0.3 is 5.97 Å².